The van der Waals surface area contributed by atoms with Crippen molar-refractivity contribution in [2.75, 3.05) is 0 Å². The highest BCUT2D eigenvalue weighted by Gasteiger charge is 2.43. The van der Waals surface area contributed by atoms with Crippen molar-refractivity contribution in [2.45, 2.75) is 72.3 Å². The molecule has 1 fully saturated rings. The highest BCUT2D eigenvalue weighted by Crippen LogP contribution is 2.46. The lowest BCUT2D eigenvalue weighted by Crippen LogP contribution is -2.31. The van der Waals surface area contributed by atoms with Crippen molar-refractivity contribution in [1.82, 2.24) is 0 Å². The maximum Gasteiger partial charge on any atom is 0.0688 e. The quantitative estimate of drug-likeness (QED) is 0.638. The smallest absolute Gasteiger partial charge is 0.0688 e. The Morgan fingerprint density at radius 2 is 1.90 bits per heavy atom. The van der Waals surface area contributed by atoms with Crippen LogP contribution in [-0.2, 0) is 0 Å². The SMILES string of the molecule is C/C1=C\C/C=C(\C)[C@H]2CC[C@](C)(O)[C@H]2/C=C(/C(C)C)CC1. The number of rotatable bonds is 1. The molecule has 1 saturated carbocycles. The van der Waals surface area contributed by atoms with E-state index in [0.717, 1.165) is 32.1 Å². The maximum atomic E-state index is 10.8. The number of hydrogen-bond acceptors (Lipinski definition) is 1. The topological polar surface area (TPSA) is 20.2 Å². The van der Waals surface area contributed by atoms with Crippen LogP contribution >= 0.6 is 0 Å². The summed E-state index contributed by atoms with van der Waals surface area (Å²) in [6.07, 6.45) is 12.5. The van der Waals surface area contributed by atoms with Gasteiger partial charge in [0.05, 0.1) is 5.60 Å². The van der Waals surface area contributed by atoms with Gasteiger partial charge in [-0.3, -0.25) is 0 Å². The molecule has 0 unspecified atom stereocenters. The molecule has 0 radical (unpaired) electrons. The van der Waals surface area contributed by atoms with E-state index in [1.165, 1.54) is 16.7 Å². The number of hydrogen-bond donors (Lipinski definition) is 1. The zero-order valence-corrected chi connectivity index (χ0v) is 14.4. The molecular formula is C20H32O. The molecule has 0 amide bonds. The number of fused-ring (bicyclic) bond motifs is 1. The van der Waals surface area contributed by atoms with Crippen molar-refractivity contribution in [3.8, 4) is 0 Å². The van der Waals surface area contributed by atoms with Gasteiger partial charge in [-0.25, -0.2) is 0 Å². The molecule has 2 aliphatic rings. The van der Waals surface area contributed by atoms with E-state index in [2.05, 4.69) is 45.9 Å². The molecule has 0 bridgehead atoms. The number of allylic oxidation sites excluding steroid dienone is 5. The van der Waals surface area contributed by atoms with Gasteiger partial charge in [0.15, 0.2) is 0 Å². The third-order valence-corrected chi connectivity index (χ3v) is 5.55. The van der Waals surface area contributed by atoms with Gasteiger partial charge in [0.25, 0.3) is 0 Å². The zero-order chi connectivity index (χ0) is 15.6. The van der Waals surface area contributed by atoms with E-state index in [-0.39, 0.29) is 5.92 Å². The van der Waals surface area contributed by atoms with Crippen LogP contribution in [0.3, 0.4) is 0 Å². The predicted molar refractivity (Wildman–Crippen MR) is 91.1 cm³/mol. The lowest BCUT2D eigenvalue weighted by atomic mass is 9.80. The second-order valence-corrected chi connectivity index (χ2v) is 7.66. The van der Waals surface area contributed by atoms with Crippen LogP contribution in [0.15, 0.2) is 34.9 Å². The average molecular weight is 288 g/mol. The molecule has 0 aromatic rings. The fraction of sp³-hybridized carbons (Fsp3) is 0.700. The van der Waals surface area contributed by atoms with Gasteiger partial charge < -0.3 is 5.11 Å². The van der Waals surface area contributed by atoms with Gasteiger partial charge in [0, 0.05) is 5.92 Å². The first-order valence-electron chi connectivity index (χ1n) is 8.56. The summed E-state index contributed by atoms with van der Waals surface area (Å²) < 4.78 is 0. The summed E-state index contributed by atoms with van der Waals surface area (Å²) in [7, 11) is 0. The molecule has 3 atom stereocenters. The molecule has 2 aliphatic carbocycles. The van der Waals surface area contributed by atoms with Crippen molar-refractivity contribution in [1.29, 1.82) is 0 Å². The van der Waals surface area contributed by atoms with Gasteiger partial charge in [0.2, 0.25) is 0 Å². The Bertz CT molecular complexity index is 462. The van der Waals surface area contributed by atoms with Crippen molar-refractivity contribution in [3.63, 3.8) is 0 Å². The molecule has 0 saturated heterocycles. The molecule has 21 heavy (non-hydrogen) atoms. The Balaban J connectivity index is 2.41. The lowest BCUT2D eigenvalue weighted by Gasteiger charge is -2.29. The Labute approximate surface area is 130 Å². The van der Waals surface area contributed by atoms with Crippen LogP contribution in [0.4, 0.5) is 0 Å². The van der Waals surface area contributed by atoms with Crippen molar-refractivity contribution in [3.05, 3.63) is 34.9 Å². The van der Waals surface area contributed by atoms with Gasteiger partial charge in [-0.2, -0.15) is 0 Å². The van der Waals surface area contributed by atoms with E-state index >= 15 is 0 Å². The van der Waals surface area contributed by atoms with Crippen LogP contribution in [0.5, 0.6) is 0 Å². The molecular weight excluding hydrogens is 256 g/mol. The zero-order valence-electron chi connectivity index (χ0n) is 14.4. The van der Waals surface area contributed by atoms with Crippen molar-refractivity contribution >= 4 is 0 Å². The van der Waals surface area contributed by atoms with E-state index in [1.54, 1.807) is 0 Å². The molecule has 118 valence electrons. The largest absolute Gasteiger partial charge is 0.390 e. The van der Waals surface area contributed by atoms with Crippen molar-refractivity contribution < 1.29 is 5.11 Å². The summed E-state index contributed by atoms with van der Waals surface area (Å²) in [6.45, 7) is 11.1. The molecule has 0 aromatic heterocycles. The Hall–Kier alpha value is -0.820. The minimum atomic E-state index is -0.545. The summed E-state index contributed by atoms with van der Waals surface area (Å²) >= 11 is 0. The van der Waals surface area contributed by atoms with Crippen LogP contribution in [-0.4, -0.2) is 10.7 Å². The summed E-state index contributed by atoms with van der Waals surface area (Å²) in [4.78, 5) is 0. The number of aliphatic hydroxyl groups is 1. The maximum absolute atomic E-state index is 10.8. The molecule has 0 aliphatic heterocycles. The van der Waals surface area contributed by atoms with Gasteiger partial charge in [-0.05, 0) is 64.7 Å². The standard InChI is InChI=1S/C20H32O/c1-14(2)17-10-9-15(3)7-6-8-16(4)18-11-12-20(5,21)19(18)13-17/h7-8,13-14,18-19,21H,6,9-12H2,1-5H3/b15-7+,16-8+,17-13+/t18-,19+,20+/m1/s1. The summed E-state index contributed by atoms with van der Waals surface area (Å²) in [5.41, 5.74) is 3.93. The third-order valence-electron chi connectivity index (χ3n) is 5.55. The van der Waals surface area contributed by atoms with Crippen LogP contribution < -0.4 is 0 Å². The lowest BCUT2D eigenvalue weighted by molar-refractivity contribution is 0.0326. The normalized spacial score (nSPS) is 42.1. The van der Waals surface area contributed by atoms with E-state index in [0.29, 0.717) is 11.8 Å². The highest BCUT2D eigenvalue weighted by molar-refractivity contribution is 5.22. The molecule has 0 aromatic carbocycles. The molecule has 1 N–H and O–H groups in total. The first-order chi connectivity index (χ1) is 9.81. The highest BCUT2D eigenvalue weighted by atomic mass is 16.3. The fourth-order valence-corrected chi connectivity index (χ4v) is 3.87. The molecule has 2 rings (SSSR count). The molecule has 1 nitrogen and oxygen atoms in total. The molecule has 0 heterocycles. The van der Waals surface area contributed by atoms with Crippen LogP contribution in [0, 0.1) is 17.8 Å². The second-order valence-electron chi connectivity index (χ2n) is 7.66. The van der Waals surface area contributed by atoms with Crippen LogP contribution in [0.2, 0.25) is 0 Å². The monoisotopic (exact) mass is 288 g/mol. The average Bonchev–Trinajstić information content (AvgIpc) is 2.67. The van der Waals surface area contributed by atoms with Crippen LogP contribution in [0.1, 0.15) is 66.7 Å². The van der Waals surface area contributed by atoms with E-state index < -0.39 is 5.60 Å². The van der Waals surface area contributed by atoms with E-state index in [9.17, 15) is 5.11 Å². The summed E-state index contributed by atoms with van der Waals surface area (Å²) in [5, 5.41) is 10.8. The van der Waals surface area contributed by atoms with Crippen LogP contribution in [0.25, 0.3) is 0 Å². The summed E-state index contributed by atoms with van der Waals surface area (Å²) in [5.74, 6) is 1.37. The Kier molecular flexibility index (Phi) is 5.14. The van der Waals surface area contributed by atoms with Gasteiger partial charge in [-0.15, -0.1) is 0 Å². The van der Waals surface area contributed by atoms with Gasteiger partial charge in [-0.1, -0.05) is 48.8 Å². The Morgan fingerprint density at radius 1 is 1.19 bits per heavy atom. The van der Waals surface area contributed by atoms with Crippen molar-refractivity contribution in [2.24, 2.45) is 17.8 Å². The minimum absolute atomic E-state index is 0.282. The molecule has 1 heteroatoms. The van der Waals surface area contributed by atoms with E-state index in [1.807, 2.05) is 6.92 Å². The fourth-order valence-electron chi connectivity index (χ4n) is 3.87. The van der Waals surface area contributed by atoms with Gasteiger partial charge in [0.1, 0.15) is 0 Å². The predicted octanol–water partition coefficient (Wildman–Crippen LogP) is 5.42. The first-order valence-corrected chi connectivity index (χ1v) is 8.56. The van der Waals surface area contributed by atoms with E-state index in [4.69, 9.17) is 0 Å². The third kappa shape index (κ3) is 3.88. The second kappa shape index (κ2) is 6.52. The first kappa shape index (κ1) is 16.5. The molecule has 0 spiro atoms. The summed E-state index contributed by atoms with van der Waals surface area (Å²) in [6, 6.07) is 0. The minimum Gasteiger partial charge on any atom is -0.390 e. The van der Waals surface area contributed by atoms with Gasteiger partial charge >= 0.3 is 0 Å². The Morgan fingerprint density at radius 3 is 2.57 bits per heavy atom.